The Labute approximate surface area is 98.2 Å². The summed E-state index contributed by atoms with van der Waals surface area (Å²) in [6.07, 6.45) is -4.28. The van der Waals surface area contributed by atoms with Crippen molar-refractivity contribution in [3.8, 4) is 0 Å². The van der Waals surface area contributed by atoms with Crippen LogP contribution in [0.3, 0.4) is 0 Å². The number of hydrogen-bond donors (Lipinski definition) is 1. The number of rotatable bonds is 2. The number of benzene rings is 1. The smallest absolute Gasteiger partial charge is 0.325 e. The minimum atomic E-state index is -4.28. The van der Waals surface area contributed by atoms with E-state index in [1.165, 1.54) is 12.1 Å². The van der Waals surface area contributed by atoms with Gasteiger partial charge in [0.2, 0.25) is 0 Å². The second-order valence-electron chi connectivity index (χ2n) is 4.51. The zero-order valence-corrected chi connectivity index (χ0v) is 9.54. The maximum absolute atomic E-state index is 12.6. The van der Waals surface area contributed by atoms with Gasteiger partial charge in [0.15, 0.2) is 0 Å². The fraction of sp³-hybridized carbons (Fsp3) is 0.500. The van der Waals surface area contributed by atoms with Gasteiger partial charge >= 0.3 is 6.18 Å². The number of alkyl halides is 3. The molecule has 2 N–H and O–H groups in total. The topological polar surface area (TPSA) is 29.3 Å². The van der Waals surface area contributed by atoms with Crippen LogP contribution in [0.5, 0.6) is 0 Å². The van der Waals surface area contributed by atoms with Crippen LogP contribution in [0.1, 0.15) is 24.1 Å². The van der Waals surface area contributed by atoms with Crippen LogP contribution >= 0.6 is 0 Å². The molecule has 1 aliphatic heterocycles. The van der Waals surface area contributed by atoms with Crippen LogP contribution in [-0.2, 0) is 6.18 Å². The first-order valence-electron chi connectivity index (χ1n) is 5.54. The van der Waals surface area contributed by atoms with E-state index in [2.05, 4.69) is 4.90 Å². The molecule has 1 fully saturated rings. The molecule has 1 atom stereocenters. The lowest BCUT2D eigenvalue weighted by atomic mass is 9.99. The van der Waals surface area contributed by atoms with Gasteiger partial charge in [-0.25, -0.2) is 0 Å². The number of nitrogens with zero attached hydrogens (tertiary/aromatic N) is 1. The summed E-state index contributed by atoms with van der Waals surface area (Å²) in [6.45, 7) is 3.40. The Balaban J connectivity index is 2.16. The molecule has 1 heterocycles. The van der Waals surface area contributed by atoms with Crippen molar-refractivity contribution < 1.29 is 13.2 Å². The van der Waals surface area contributed by atoms with Gasteiger partial charge in [0.1, 0.15) is 0 Å². The van der Waals surface area contributed by atoms with Crippen LogP contribution in [0.15, 0.2) is 24.3 Å². The van der Waals surface area contributed by atoms with Gasteiger partial charge in [-0.2, -0.15) is 13.2 Å². The Hall–Kier alpha value is -1.07. The van der Waals surface area contributed by atoms with E-state index in [4.69, 9.17) is 5.73 Å². The summed E-state index contributed by atoms with van der Waals surface area (Å²) in [5.41, 5.74) is 5.76. The van der Waals surface area contributed by atoms with Gasteiger partial charge in [-0.15, -0.1) is 0 Å². The van der Waals surface area contributed by atoms with Crippen molar-refractivity contribution in [1.82, 2.24) is 4.90 Å². The average molecular weight is 244 g/mol. The van der Waals surface area contributed by atoms with Crippen molar-refractivity contribution >= 4 is 0 Å². The standard InChI is InChI=1S/C12H15F3N2/c1-8(17-6-11(16)7-17)9-3-2-4-10(5-9)12(13,14)15/h2-5,8,11H,6-7,16H2,1H3. The van der Waals surface area contributed by atoms with E-state index < -0.39 is 11.7 Å². The summed E-state index contributed by atoms with van der Waals surface area (Å²) in [5, 5.41) is 0. The normalized spacial score (nSPS) is 20.1. The highest BCUT2D eigenvalue weighted by Crippen LogP contribution is 2.32. The van der Waals surface area contributed by atoms with Crippen molar-refractivity contribution in [2.45, 2.75) is 25.2 Å². The van der Waals surface area contributed by atoms with Crippen molar-refractivity contribution in [1.29, 1.82) is 0 Å². The van der Waals surface area contributed by atoms with E-state index in [9.17, 15) is 13.2 Å². The zero-order chi connectivity index (χ0) is 12.6. The highest BCUT2D eigenvalue weighted by atomic mass is 19.4. The second kappa shape index (κ2) is 4.31. The predicted molar refractivity (Wildman–Crippen MR) is 59.4 cm³/mol. The third-order valence-corrected chi connectivity index (χ3v) is 3.18. The number of likely N-dealkylation sites (tertiary alicyclic amines) is 1. The molecule has 0 amide bonds. The van der Waals surface area contributed by atoms with Crippen LogP contribution in [-0.4, -0.2) is 24.0 Å². The lowest BCUT2D eigenvalue weighted by Gasteiger charge is -2.41. The van der Waals surface area contributed by atoms with Gasteiger partial charge in [-0.05, 0) is 24.6 Å². The van der Waals surface area contributed by atoms with Gasteiger partial charge in [-0.1, -0.05) is 12.1 Å². The van der Waals surface area contributed by atoms with Gasteiger partial charge < -0.3 is 5.73 Å². The molecule has 0 aromatic heterocycles. The summed E-state index contributed by atoms with van der Waals surface area (Å²) in [7, 11) is 0. The minimum Gasteiger partial charge on any atom is -0.325 e. The molecule has 0 aliphatic carbocycles. The summed E-state index contributed by atoms with van der Waals surface area (Å²) < 4.78 is 37.7. The fourth-order valence-corrected chi connectivity index (χ4v) is 2.05. The summed E-state index contributed by atoms with van der Waals surface area (Å²) in [6, 6.07) is 5.63. The third-order valence-electron chi connectivity index (χ3n) is 3.18. The van der Waals surface area contributed by atoms with Crippen molar-refractivity contribution in [2.24, 2.45) is 5.73 Å². The summed E-state index contributed by atoms with van der Waals surface area (Å²) in [4.78, 5) is 2.07. The lowest BCUT2D eigenvalue weighted by molar-refractivity contribution is -0.137. The molecule has 1 aromatic carbocycles. The zero-order valence-electron chi connectivity index (χ0n) is 9.54. The Morgan fingerprint density at radius 2 is 2.00 bits per heavy atom. The van der Waals surface area contributed by atoms with Crippen LogP contribution in [0.2, 0.25) is 0 Å². The maximum atomic E-state index is 12.6. The minimum absolute atomic E-state index is 0.0166. The molecule has 5 heteroatoms. The maximum Gasteiger partial charge on any atom is 0.416 e. The molecular weight excluding hydrogens is 229 g/mol. The number of halogens is 3. The van der Waals surface area contributed by atoms with Gasteiger partial charge in [0.05, 0.1) is 5.56 Å². The van der Waals surface area contributed by atoms with Crippen LogP contribution < -0.4 is 5.73 Å². The molecule has 17 heavy (non-hydrogen) atoms. The highest BCUT2D eigenvalue weighted by Gasteiger charge is 2.32. The van der Waals surface area contributed by atoms with Gasteiger partial charge in [-0.3, -0.25) is 4.90 Å². The molecule has 2 nitrogen and oxygen atoms in total. The molecular formula is C12H15F3N2. The van der Waals surface area contributed by atoms with E-state index in [1.807, 2.05) is 6.92 Å². The molecule has 0 spiro atoms. The van der Waals surface area contributed by atoms with Crippen molar-refractivity contribution in [2.75, 3.05) is 13.1 Å². The third kappa shape index (κ3) is 2.61. The lowest BCUT2D eigenvalue weighted by Crippen LogP contribution is -2.56. The summed E-state index contributed by atoms with van der Waals surface area (Å²) in [5.74, 6) is 0. The molecule has 0 bridgehead atoms. The van der Waals surface area contributed by atoms with Gasteiger partial charge in [0, 0.05) is 25.2 Å². The van der Waals surface area contributed by atoms with Crippen LogP contribution in [0.25, 0.3) is 0 Å². The second-order valence-corrected chi connectivity index (χ2v) is 4.51. The molecule has 94 valence electrons. The van der Waals surface area contributed by atoms with E-state index >= 15 is 0 Å². The highest BCUT2D eigenvalue weighted by molar-refractivity contribution is 5.28. The summed E-state index contributed by atoms with van der Waals surface area (Å²) >= 11 is 0. The quantitative estimate of drug-likeness (QED) is 0.865. The number of hydrogen-bond acceptors (Lipinski definition) is 2. The van der Waals surface area contributed by atoms with Crippen molar-refractivity contribution in [3.05, 3.63) is 35.4 Å². The van der Waals surface area contributed by atoms with Gasteiger partial charge in [0.25, 0.3) is 0 Å². The Morgan fingerprint density at radius 1 is 1.35 bits per heavy atom. The monoisotopic (exact) mass is 244 g/mol. The SMILES string of the molecule is CC(c1cccc(C(F)(F)F)c1)N1CC(N)C1. The Bertz CT molecular complexity index is 397. The molecule has 1 aromatic rings. The fourth-order valence-electron chi connectivity index (χ4n) is 2.05. The van der Waals surface area contributed by atoms with Crippen LogP contribution in [0, 0.1) is 0 Å². The van der Waals surface area contributed by atoms with E-state index in [0.717, 1.165) is 19.2 Å². The average Bonchev–Trinajstić information content (AvgIpc) is 2.23. The van der Waals surface area contributed by atoms with E-state index in [1.54, 1.807) is 6.07 Å². The molecule has 0 saturated carbocycles. The Kier molecular flexibility index (Phi) is 3.14. The first-order chi connectivity index (χ1) is 7.88. The Morgan fingerprint density at radius 3 is 2.53 bits per heavy atom. The van der Waals surface area contributed by atoms with E-state index in [-0.39, 0.29) is 12.1 Å². The molecule has 1 aliphatic rings. The largest absolute Gasteiger partial charge is 0.416 e. The van der Waals surface area contributed by atoms with Crippen LogP contribution in [0.4, 0.5) is 13.2 Å². The predicted octanol–water partition coefficient (Wildman–Crippen LogP) is 2.41. The molecule has 0 radical (unpaired) electrons. The molecule has 2 rings (SSSR count). The molecule has 1 unspecified atom stereocenters. The number of nitrogens with two attached hydrogens (primary N) is 1. The van der Waals surface area contributed by atoms with E-state index in [0.29, 0.717) is 5.56 Å². The molecule has 1 saturated heterocycles. The first kappa shape index (κ1) is 12.4. The van der Waals surface area contributed by atoms with Crippen molar-refractivity contribution in [3.63, 3.8) is 0 Å². The first-order valence-corrected chi connectivity index (χ1v) is 5.54.